The van der Waals surface area contributed by atoms with E-state index in [0.29, 0.717) is 28.8 Å². The van der Waals surface area contributed by atoms with Gasteiger partial charge in [0, 0.05) is 16.4 Å². The van der Waals surface area contributed by atoms with Crippen molar-refractivity contribution in [3.8, 4) is 5.75 Å². The molecule has 2 rings (SSSR count). The van der Waals surface area contributed by atoms with Crippen LogP contribution in [0.25, 0.3) is 0 Å². The summed E-state index contributed by atoms with van der Waals surface area (Å²) in [5.74, 6) is 0.636. The van der Waals surface area contributed by atoms with E-state index < -0.39 is 0 Å². The molecule has 0 amide bonds. The van der Waals surface area contributed by atoms with Crippen molar-refractivity contribution in [3.63, 3.8) is 0 Å². The Kier molecular flexibility index (Phi) is 5.05. The van der Waals surface area contributed by atoms with Gasteiger partial charge in [0.05, 0.1) is 16.2 Å². The molecule has 1 unspecified atom stereocenters. The van der Waals surface area contributed by atoms with Crippen LogP contribution in [0.2, 0.25) is 10.0 Å². The van der Waals surface area contributed by atoms with E-state index in [0.717, 1.165) is 11.3 Å². The first-order valence-electron chi connectivity index (χ1n) is 5.79. The SMILES string of the molecule is CC(N)Cc1cc(Cl)cc(Cl)c1OCc1cscn1. The second-order valence-corrected chi connectivity index (χ2v) is 5.89. The van der Waals surface area contributed by atoms with Crippen LogP contribution in [-0.2, 0) is 13.0 Å². The fraction of sp³-hybridized carbons (Fsp3) is 0.308. The van der Waals surface area contributed by atoms with E-state index in [9.17, 15) is 0 Å². The van der Waals surface area contributed by atoms with Gasteiger partial charge in [-0.2, -0.15) is 0 Å². The molecule has 0 bridgehead atoms. The van der Waals surface area contributed by atoms with Gasteiger partial charge in [0.25, 0.3) is 0 Å². The van der Waals surface area contributed by atoms with Crippen LogP contribution in [0.15, 0.2) is 23.0 Å². The summed E-state index contributed by atoms with van der Waals surface area (Å²) in [6.07, 6.45) is 0.659. The van der Waals surface area contributed by atoms with Gasteiger partial charge in [-0.3, -0.25) is 0 Å². The van der Waals surface area contributed by atoms with E-state index in [-0.39, 0.29) is 6.04 Å². The van der Waals surface area contributed by atoms with E-state index in [1.165, 1.54) is 11.3 Å². The topological polar surface area (TPSA) is 48.1 Å². The molecular weight excluding hydrogens is 303 g/mol. The molecule has 2 N–H and O–H groups in total. The Hall–Kier alpha value is -0.810. The summed E-state index contributed by atoms with van der Waals surface area (Å²) in [5, 5.41) is 3.02. The zero-order valence-electron chi connectivity index (χ0n) is 10.4. The highest BCUT2D eigenvalue weighted by Crippen LogP contribution is 2.33. The minimum Gasteiger partial charge on any atom is -0.485 e. The predicted molar refractivity (Wildman–Crippen MR) is 80.3 cm³/mol. The van der Waals surface area contributed by atoms with Crippen molar-refractivity contribution < 1.29 is 4.74 Å². The number of hydrogen-bond acceptors (Lipinski definition) is 4. The van der Waals surface area contributed by atoms with Gasteiger partial charge in [-0.05, 0) is 31.0 Å². The number of hydrogen-bond donors (Lipinski definition) is 1. The minimum absolute atomic E-state index is 0.0103. The van der Waals surface area contributed by atoms with Crippen LogP contribution < -0.4 is 10.5 Å². The first kappa shape index (κ1) is 14.6. The summed E-state index contributed by atoms with van der Waals surface area (Å²) < 4.78 is 5.77. The zero-order chi connectivity index (χ0) is 13.8. The van der Waals surface area contributed by atoms with E-state index in [1.807, 2.05) is 18.4 Å². The number of nitrogens with two attached hydrogens (primary N) is 1. The fourth-order valence-electron chi connectivity index (χ4n) is 1.73. The minimum atomic E-state index is 0.0103. The molecule has 0 radical (unpaired) electrons. The van der Waals surface area contributed by atoms with Crippen molar-refractivity contribution in [3.05, 3.63) is 44.3 Å². The Morgan fingerprint density at radius 2 is 2.21 bits per heavy atom. The lowest BCUT2D eigenvalue weighted by molar-refractivity contribution is 0.298. The molecule has 0 saturated heterocycles. The Bertz CT molecular complexity index is 544. The normalized spacial score (nSPS) is 12.4. The third kappa shape index (κ3) is 4.08. The monoisotopic (exact) mass is 316 g/mol. The molecule has 0 aliphatic rings. The van der Waals surface area contributed by atoms with Gasteiger partial charge in [0.15, 0.2) is 0 Å². The van der Waals surface area contributed by atoms with Crippen LogP contribution in [0.3, 0.4) is 0 Å². The third-order valence-corrected chi connectivity index (χ3v) is 3.61. The standard InChI is InChI=1S/C13H14Cl2N2OS/c1-8(16)2-9-3-10(14)4-12(15)13(9)18-5-11-6-19-7-17-11/h3-4,6-8H,2,5,16H2,1H3. The van der Waals surface area contributed by atoms with Crippen LogP contribution in [-0.4, -0.2) is 11.0 Å². The van der Waals surface area contributed by atoms with Crippen LogP contribution in [0.4, 0.5) is 0 Å². The highest BCUT2D eigenvalue weighted by molar-refractivity contribution is 7.07. The van der Waals surface area contributed by atoms with Gasteiger partial charge in [0.1, 0.15) is 12.4 Å². The number of ether oxygens (including phenoxy) is 1. The quantitative estimate of drug-likeness (QED) is 0.909. The molecule has 0 spiro atoms. The van der Waals surface area contributed by atoms with Gasteiger partial charge in [-0.15, -0.1) is 11.3 Å². The average molecular weight is 317 g/mol. The molecule has 102 valence electrons. The van der Waals surface area contributed by atoms with Gasteiger partial charge in [-0.25, -0.2) is 4.98 Å². The molecule has 1 heterocycles. The molecule has 0 aliphatic carbocycles. The van der Waals surface area contributed by atoms with Crippen molar-refractivity contribution in [2.45, 2.75) is 26.0 Å². The van der Waals surface area contributed by atoms with Gasteiger partial charge < -0.3 is 10.5 Å². The third-order valence-electron chi connectivity index (χ3n) is 2.48. The molecule has 1 atom stereocenters. The predicted octanol–water partition coefficient (Wildman–Crippen LogP) is 3.92. The summed E-state index contributed by atoms with van der Waals surface area (Å²) in [6, 6.07) is 3.52. The number of thiazole rings is 1. The summed E-state index contributed by atoms with van der Waals surface area (Å²) in [5.41, 5.74) is 9.40. The second kappa shape index (κ2) is 6.57. The molecule has 2 aromatic rings. The Morgan fingerprint density at radius 1 is 1.42 bits per heavy atom. The Balaban J connectivity index is 2.21. The largest absolute Gasteiger partial charge is 0.485 e. The molecular formula is C13H14Cl2N2OS. The smallest absolute Gasteiger partial charge is 0.141 e. The van der Waals surface area contributed by atoms with Gasteiger partial charge in [0.2, 0.25) is 0 Å². The maximum atomic E-state index is 6.19. The van der Waals surface area contributed by atoms with Crippen molar-refractivity contribution in [1.29, 1.82) is 0 Å². The molecule has 19 heavy (non-hydrogen) atoms. The fourth-order valence-corrected chi connectivity index (χ4v) is 2.86. The Labute approximate surface area is 126 Å². The molecule has 1 aromatic carbocycles. The molecule has 0 aliphatic heterocycles. The molecule has 6 heteroatoms. The number of rotatable bonds is 5. The average Bonchev–Trinajstić information content (AvgIpc) is 2.79. The number of halogens is 2. The first-order valence-corrected chi connectivity index (χ1v) is 7.49. The molecule has 3 nitrogen and oxygen atoms in total. The number of nitrogens with zero attached hydrogens (tertiary/aromatic N) is 1. The van der Waals surface area contributed by atoms with E-state index in [2.05, 4.69) is 4.98 Å². The summed E-state index contributed by atoms with van der Waals surface area (Å²) in [6.45, 7) is 2.32. The second-order valence-electron chi connectivity index (χ2n) is 4.33. The maximum Gasteiger partial charge on any atom is 0.141 e. The lowest BCUT2D eigenvalue weighted by Gasteiger charge is -2.14. The van der Waals surface area contributed by atoms with E-state index in [4.69, 9.17) is 33.7 Å². The lowest BCUT2D eigenvalue weighted by Crippen LogP contribution is -2.18. The van der Waals surface area contributed by atoms with Crippen molar-refractivity contribution >= 4 is 34.5 Å². The van der Waals surface area contributed by atoms with Crippen molar-refractivity contribution in [1.82, 2.24) is 4.98 Å². The highest BCUT2D eigenvalue weighted by Gasteiger charge is 2.13. The van der Waals surface area contributed by atoms with E-state index >= 15 is 0 Å². The summed E-state index contributed by atoms with van der Waals surface area (Å²) in [7, 11) is 0. The molecule has 0 fully saturated rings. The zero-order valence-corrected chi connectivity index (χ0v) is 12.7. The van der Waals surface area contributed by atoms with Crippen LogP contribution in [0.5, 0.6) is 5.75 Å². The Morgan fingerprint density at radius 3 is 2.84 bits per heavy atom. The first-order chi connectivity index (χ1) is 9.06. The van der Waals surface area contributed by atoms with Gasteiger partial charge >= 0.3 is 0 Å². The maximum absolute atomic E-state index is 6.19. The summed E-state index contributed by atoms with van der Waals surface area (Å²) >= 11 is 13.7. The van der Waals surface area contributed by atoms with Crippen LogP contribution in [0, 0.1) is 0 Å². The summed E-state index contributed by atoms with van der Waals surface area (Å²) in [4.78, 5) is 4.17. The van der Waals surface area contributed by atoms with E-state index in [1.54, 1.807) is 11.6 Å². The molecule has 1 aromatic heterocycles. The van der Waals surface area contributed by atoms with Crippen LogP contribution >= 0.6 is 34.5 Å². The van der Waals surface area contributed by atoms with Crippen molar-refractivity contribution in [2.75, 3.05) is 0 Å². The van der Waals surface area contributed by atoms with Crippen molar-refractivity contribution in [2.24, 2.45) is 5.73 Å². The molecule has 0 saturated carbocycles. The number of aromatic nitrogens is 1. The van der Waals surface area contributed by atoms with Gasteiger partial charge in [-0.1, -0.05) is 23.2 Å². The lowest BCUT2D eigenvalue weighted by atomic mass is 10.1. The highest BCUT2D eigenvalue weighted by atomic mass is 35.5. The number of benzene rings is 1. The van der Waals surface area contributed by atoms with Crippen LogP contribution in [0.1, 0.15) is 18.2 Å².